The highest BCUT2D eigenvalue weighted by atomic mass is 16.8. The smallest absolute Gasteiger partial charge is 0.217 e. The zero-order valence-electron chi connectivity index (χ0n) is 50.3. The molecule has 0 aromatic heterocycles. The van der Waals surface area contributed by atoms with Crippen molar-refractivity contribution in [2.75, 3.05) is 46.2 Å². The van der Waals surface area contributed by atoms with E-state index in [1.54, 1.807) is 0 Å². The molecule has 0 unspecified atom stereocenters. The van der Waals surface area contributed by atoms with Crippen LogP contribution in [0.25, 0.3) is 0 Å². The standard InChI is InChI=1S/C52H88N2O40/c1-11-23(60)31(68)36(73)47(84-11)83-10-20-43(29(66)21(45(79)85-20)53-12(2)58)92-46-22(54-13(3)59)30(67)42(16(6-57)88-46)93-52-41(78)44(94-51-40(77)35(72)27(64)18(90-51)8-81-49-38(75)33(70)25(62)15(5-56)87-49)28(65)19(91-52)9-82-50-39(76)34(71)26(63)17(89-50)7-80-48-37(74)32(69)24(61)14(4-55)86-48/h11,14-52,55-57,60-79H,4-10H2,1-3H3,(H,53,58)(H,54,59)/t11-,14+,15+,16+,17+,18+,19+,20+,21+,22+,23+,24+,25+,26+,27+,28+,29+,30+,31+,32-,33-,34-,35-,36-,37-,38-,39-,40-,41-,42+,43+,44-,45+,46-,47+,48-,49+,50+,51-,52-/m0/s1. The maximum absolute atomic E-state index is 12.9. The molecular weight excluding hydrogens is 1290 g/mol. The first-order valence-corrected chi connectivity index (χ1v) is 30.0. The summed E-state index contributed by atoms with van der Waals surface area (Å²) in [5.41, 5.74) is 0. The van der Waals surface area contributed by atoms with Crippen LogP contribution >= 0.6 is 0 Å². The van der Waals surface area contributed by atoms with Gasteiger partial charge in [-0.05, 0) is 6.92 Å². The fourth-order valence-corrected chi connectivity index (χ4v) is 11.8. The van der Waals surface area contributed by atoms with Crippen LogP contribution in [-0.4, -0.2) is 421 Å². The minimum absolute atomic E-state index is 0.789. The summed E-state index contributed by atoms with van der Waals surface area (Å²) in [5.74, 6) is -1.71. The summed E-state index contributed by atoms with van der Waals surface area (Å²) in [4.78, 5) is 25.2. The van der Waals surface area contributed by atoms with Gasteiger partial charge in [-0.15, -0.1) is 0 Å². The van der Waals surface area contributed by atoms with Crippen molar-refractivity contribution in [1.82, 2.24) is 10.6 Å². The van der Waals surface area contributed by atoms with Crippen molar-refractivity contribution in [3.8, 4) is 0 Å². The molecule has 8 rings (SSSR count). The van der Waals surface area contributed by atoms with Gasteiger partial charge in [-0.1, -0.05) is 0 Å². The maximum Gasteiger partial charge on any atom is 0.217 e. The molecule has 8 heterocycles. The average Bonchev–Trinajstić information content (AvgIpc) is 0.831. The first kappa shape index (κ1) is 77.2. The Kier molecular flexibility index (Phi) is 27.3. The van der Waals surface area contributed by atoms with E-state index in [-0.39, 0.29) is 0 Å². The molecule has 94 heavy (non-hydrogen) atoms. The topological polar surface area (TPSA) is 662 Å². The van der Waals surface area contributed by atoms with Crippen molar-refractivity contribution in [2.45, 2.75) is 266 Å². The van der Waals surface area contributed by atoms with Gasteiger partial charge in [-0.2, -0.15) is 0 Å². The van der Waals surface area contributed by atoms with Crippen LogP contribution in [0.15, 0.2) is 0 Å². The van der Waals surface area contributed by atoms with E-state index in [0.29, 0.717) is 0 Å². The van der Waals surface area contributed by atoms with Gasteiger partial charge >= 0.3 is 0 Å². The van der Waals surface area contributed by atoms with Gasteiger partial charge in [0.1, 0.15) is 189 Å². The Labute approximate surface area is 532 Å². The molecule has 8 saturated heterocycles. The lowest BCUT2D eigenvalue weighted by molar-refractivity contribution is -0.386. The van der Waals surface area contributed by atoms with Crippen molar-refractivity contribution >= 4 is 11.8 Å². The molecule has 42 nitrogen and oxygen atoms in total. The first-order chi connectivity index (χ1) is 44.3. The number of amides is 2. The largest absolute Gasteiger partial charge is 0.394 e. The zero-order valence-corrected chi connectivity index (χ0v) is 50.3. The van der Waals surface area contributed by atoms with Crippen LogP contribution in [0.4, 0.5) is 0 Å². The SMILES string of the molecule is CC(=O)N[C@@H]1[C@@H](O)[C@H](O[C@@H]2O[C@H](CO)[C@@H](O[C@@H]3O[C@H](CO[C@@H]4O[C@H](CO[C@H]5O[C@H](CO)[C@@H](O)[C@H](O)[C@@H]5O)[C@@H](O)[C@H](O)[C@@H]4O)[C@@H](O)[C@H](O[C@@H]4O[C@H](CO[C@@H]5O[C@H](CO)[C@@H](O)[C@H](O)[C@@H]5O)[C@@H](O)[C@H](O)[C@@H]4O)[C@@H]3O)[C@H](O)[C@H]2NC(C)=O)[C@@H](CO[C@@H]2O[C@@H](C)[C@@H](O)[C@@H](O)[C@@H]2O)O[C@H]1O. The number of hydrogen-bond acceptors (Lipinski definition) is 40. The Bertz CT molecular complexity index is 2370. The Balaban J connectivity index is 1.05. The molecule has 0 saturated carbocycles. The third kappa shape index (κ3) is 16.9. The lowest BCUT2D eigenvalue weighted by Gasteiger charge is -2.50. The van der Waals surface area contributed by atoms with Crippen LogP contribution < -0.4 is 10.6 Å². The van der Waals surface area contributed by atoms with Gasteiger partial charge in [0.25, 0.3) is 0 Å². The Hall–Kier alpha value is -2.58. The lowest BCUT2D eigenvalue weighted by atomic mass is 9.94. The molecule has 42 heteroatoms. The average molecular weight is 1380 g/mol. The van der Waals surface area contributed by atoms with Crippen LogP contribution in [0.3, 0.4) is 0 Å². The van der Waals surface area contributed by atoms with Crippen molar-refractivity contribution < 1.29 is 198 Å². The molecule has 8 aliphatic heterocycles. The third-order valence-corrected chi connectivity index (χ3v) is 17.3. The minimum Gasteiger partial charge on any atom is -0.394 e. The maximum atomic E-state index is 12.9. The van der Waals surface area contributed by atoms with Crippen LogP contribution in [0.1, 0.15) is 20.8 Å². The van der Waals surface area contributed by atoms with Gasteiger partial charge in [0.15, 0.2) is 50.3 Å². The summed E-state index contributed by atoms with van der Waals surface area (Å²) in [6, 6.07) is -3.58. The molecule has 40 atom stereocenters. The summed E-state index contributed by atoms with van der Waals surface area (Å²) in [6.07, 6.45) is -73.7. The second-order valence-electron chi connectivity index (χ2n) is 24.0. The Morgan fingerprint density at radius 2 is 0.606 bits per heavy atom. The quantitative estimate of drug-likeness (QED) is 0.0452. The van der Waals surface area contributed by atoms with Gasteiger partial charge in [-0.25, -0.2) is 0 Å². The highest BCUT2D eigenvalue weighted by Gasteiger charge is 2.58. The third-order valence-electron chi connectivity index (χ3n) is 17.3. The molecule has 0 spiro atoms. The first-order valence-electron chi connectivity index (χ1n) is 30.0. The van der Waals surface area contributed by atoms with Crippen molar-refractivity contribution in [3.05, 3.63) is 0 Å². The molecule has 546 valence electrons. The molecule has 0 aromatic rings. The van der Waals surface area contributed by atoms with Crippen molar-refractivity contribution in [2.24, 2.45) is 0 Å². The molecule has 0 aromatic carbocycles. The monoisotopic (exact) mass is 1380 g/mol. The van der Waals surface area contributed by atoms with Gasteiger partial charge in [0.05, 0.1) is 52.4 Å². The number of hydrogen-bond donors (Lipinski definition) is 25. The predicted molar refractivity (Wildman–Crippen MR) is 286 cm³/mol. The normalized spacial score (nSPS) is 51.2. The molecule has 2 amide bonds. The summed E-state index contributed by atoms with van der Waals surface area (Å²) in [7, 11) is 0. The number of carbonyl (C=O) groups excluding carboxylic acids is 2. The number of nitrogens with one attached hydrogen (secondary N) is 2. The van der Waals surface area contributed by atoms with Crippen molar-refractivity contribution in [1.29, 1.82) is 0 Å². The highest BCUT2D eigenvalue weighted by Crippen LogP contribution is 2.37. The number of aliphatic hydroxyl groups is 23. The molecule has 0 aliphatic carbocycles. The second kappa shape index (κ2) is 33.3. The number of ether oxygens (including phenoxy) is 15. The summed E-state index contributed by atoms with van der Waals surface area (Å²) in [5, 5.41) is 254. The number of aliphatic hydroxyl groups excluding tert-OH is 23. The van der Waals surface area contributed by atoms with Gasteiger partial charge < -0.3 is 199 Å². The van der Waals surface area contributed by atoms with Crippen molar-refractivity contribution in [3.63, 3.8) is 0 Å². The summed E-state index contributed by atoms with van der Waals surface area (Å²) < 4.78 is 85.9. The second-order valence-corrected chi connectivity index (χ2v) is 24.0. The van der Waals surface area contributed by atoms with Crippen LogP contribution in [0.5, 0.6) is 0 Å². The molecule has 8 aliphatic rings. The van der Waals surface area contributed by atoms with Crippen LogP contribution in [-0.2, 0) is 80.6 Å². The van der Waals surface area contributed by atoms with E-state index in [1.165, 1.54) is 6.92 Å². The van der Waals surface area contributed by atoms with Gasteiger partial charge in [0, 0.05) is 13.8 Å². The highest BCUT2D eigenvalue weighted by molar-refractivity contribution is 5.73. The number of rotatable bonds is 23. The fourth-order valence-electron chi connectivity index (χ4n) is 11.8. The van der Waals surface area contributed by atoms with Gasteiger partial charge in [-0.3, -0.25) is 9.59 Å². The van der Waals surface area contributed by atoms with Crippen LogP contribution in [0, 0.1) is 0 Å². The summed E-state index contributed by atoms with van der Waals surface area (Å²) >= 11 is 0. The predicted octanol–water partition coefficient (Wildman–Crippen LogP) is -17.1. The van der Waals surface area contributed by atoms with E-state index < -0.39 is 304 Å². The summed E-state index contributed by atoms with van der Waals surface area (Å²) in [6.45, 7) is -3.14. The molecule has 8 fully saturated rings. The van der Waals surface area contributed by atoms with Gasteiger partial charge in [0.2, 0.25) is 11.8 Å². The Morgan fingerprint density at radius 1 is 0.298 bits per heavy atom. The van der Waals surface area contributed by atoms with E-state index in [9.17, 15) is 127 Å². The van der Waals surface area contributed by atoms with E-state index in [4.69, 9.17) is 71.1 Å². The fraction of sp³-hybridized carbons (Fsp3) is 0.962. The minimum atomic E-state index is -2.42. The molecular formula is C52H88N2O40. The lowest BCUT2D eigenvalue weighted by Crippen LogP contribution is -2.70. The van der Waals surface area contributed by atoms with E-state index in [2.05, 4.69) is 10.6 Å². The molecule has 0 radical (unpaired) electrons. The van der Waals surface area contributed by atoms with Crippen LogP contribution in [0.2, 0.25) is 0 Å². The molecule has 0 bridgehead atoms. The van der Waals surface area contributed by atoms with E-state index in [1.807, 2.05) is 0 Å². The van der Waals surface area contributed by atoms with E-state index >= 15 is 0 Å². The van der Waals surface area contributed by atoms with E-state index in [0.717, 1.165) is 13.8 Å². The number of carbonyl (C=O) groups is 2. The molecule has 25 N–H and O–H groups in total. The zero-order chi connectivity index (χ0) is 69.2. The Morgan fingerprint density at radius 3 is 1.05 bits per heavy atom.